The number of para-hydroxylation sites is 2. The minimum atomic E-state index is -0.399. The maximum absolute atomic E-state index is 13.8. The molecule has 0 aliphatic carbocycles. The highest BCUT2D eigenvalue weighted by Crippen LogP contribution is 2.33. The van der Waals surface area contributed by atoms with Crippen LogP contribution in [0.25, 0.3) is 0 Å². The molecule has 2 N–H and O–H groups in total. The fourth-order valence-corrected chi connectivity index (χ4v) is 2.13. The minimum Gasteiger partial charge on any atom is -0.453 e. The Hall–Kier alpha value is -1.14. The zero-order valence-corrected chi connectivity index (χ0v) is 12.0. The number of rotatable bonds is 3. The molecule has 4 heteroatoms. The summed E-state index contributed by atoms with van der Waals surface area (Å²) in [5.74, 6) is 0.436. The van der Waals surface area contributed by atoms with E-state index in [1.807, 2.05) is 18.2 Å². The molecule has 0 fully saturated rings. The summed E-state index contributed by atoms with van der Waals surface area (Å²) < 4.78 is 20.4. The summed E-state index contributed by atoms with van der Waals surface area (Å²) in [6.07, 6.45) is 0. The van der Waals surface area contributed by atoms with Gasteiger partial charge in [-0.2, -0.15) is 0 Å². The van der Waals surface area contributed by atoms with Gasteiger partial charge >= 0.3 is 0 Å². The molecule has 0 aliphatic rings. The molecule has 18 heavy (non-hydrogen) atoms. The lowest BCUT2D eigenvalue weighted by atomic mass is 10.1. The summed E-state index contributed by atoms with van der Waals surface area (Å²) in [6, 6.07) is 12.0. The Morgan fingerprint density at radius 3 is 2.56 bits per heavy atom. The van der Waals surface area contributed by atoms with Crippen LogP contribution >= 0.6 is 22.6 Å². The first-order chi connectivity index (χ1) is 8.59. The second-order valence-corrected chi connectivity index (χ2v) is 5.14. The summed E-state index contributed by atoms with van der Waals surface area (Å²) in [7, 11) is 0. The zero-order valence-electron chi connectivity index (χ0n) is 9.86. The average Bonchev–Trinajstić information content (AvgIpc) is 2.34. The molecule has 0 aliphatic heterocycles. The second kappa shape index (κ2) is 5.67. The predicted octanol–water partition coefficient (Wildman–Crippen LogP) is 4.24. The summed E-state index contributed by atoms with van der Waals surface area (Å²) in [5.41, 5.74) is 6.49. The van der Waals surface area contributed by atoms with Gasteiger partial charge in [0.2, 0.25) is 0 Å². The van der Waals surface area contributed by atoms with Crippen molar-refractivity contribution in [3.63, 3.8) is 0 Å². The van der Waals surface area contributed by atoms with Crippen molar-refractivity contribution in [2.45, 2.75) is 13.0 Å². The number of benzene rings is 2. The van der Waals surface area contributed by atoms with Crippen molar-refractivity contribution in [3.05, 3.63) is 57.4 Å². The van der Waals surface area contributed by atoms with E-state index >= 15 is 0 Å². The Kier molecular flexibility index (Phi) is 4.19. The Labute approximate surface area is 119 Å². The van der Waals surface area contributed by atoms with Crippen LogP contribution in [-0.4, -0.2) is 0 Å². The fourth-order valence-electron chi connectivity index (χ4n) is 1.63. The van der Waals surface area contributed by atoms with Crippen LogP contribution in [-0.2, 0) is 0 Å². The largest absolute Gasteiger partial charge is 0.453 e. The minimum absolute atomic E-state index is 0.205. The number of halogens is 2. The third-order valence-electron chi connectivity index (χ3n) is 2.54. The van der Waals surface area contributed by atoms with Crippen LogP contribution < -0.4 is 10.5 Å². The molecule has 94 valence electrons. The van der Waals surface area contributed by atoms with E-state index in [0.29, 0.717) is 11.3 Å². The van der Waals surface area contributed by atoms with Gasteiger partial charge < -0.3 is 10.5 Å². The quantitative estimate of drug-likeness (QED) is 0.834. The second-order valence-electron chi connectivity index (χ2n) is 3.98. The molecule has 0 aromatic heterocycles. The van der Waals surface area contributed by atoms with E-state index in [9.17, 15) is 4.39 Å². The van der Waals surface area contributed by atoms with Crippen molar-refractivity contribution in [3.8, 4) is 11.5 Å². The molecule has 2 aromatic rings. The third kappa shape index (κ3) is 2.81. The van der Waals surface area contributed by atoms with Gasteiger partial charge in [0, 0.05) is 11.6 Å². The van der Waals surface area contributed by atoms with Crippen molar-refractivity contribution < 1.29 is 9.13 Å². The van der Waals surface area contributed by atoms with E-state index < -0.39 is 5.82 Å². The van der Waals surface area contributed by atoms with Gasteiger partial charge in [0.25, 0.3) is 0 Å². The topological polar surface area (TPSA) is 35.2 Å². The molecule has 0 unspecified atom stereocenters. The van der Waals surface area contributed by atoms with E-state index in [1.54, 1.807) is 25.1 Å². The predicted molar refractivity (Wildman–Crippen MR) is 78.2 cm³/mol. The maximum atomic E-state index is 13.8. The number of hydrogen-bond donors (Lipinski definition) is 1. The van der Waals surface area contributed by atoms with Crippen LogP contribution in [0.5, 0.6) is 11.5 Å². The molecule has 0 heterocycles. The Bertz CT molecular complexity index is 557. The highest BCUT2D eigenvalue weighted by atomic mass is 127. The van der Waals surface area contributed by atoms with E-state index in [2.05, 4.69) is 22.6 Å². The van der Waals surface area contributed by atoms with Crippen LogP contribution in [0.2, 0.25) is 0 Å². The lowest BCUT2D eigenvalue weighted by Crippen LogP contribution is -2.07. The summed E-state index contributed by atoms with van der Waals surface area (Å²) in [6.45, 7) is 1.80. The molecule has 2 aromatic carbocycles. The Morgan fingerprint density at radius 1 is 1.17 bits per heavy atom. The van der Waals surface area contributed by atoms with Gasteiger partial charge in [-0.25, -0.2) is 4.39 Å². The van der Waals surface area contributed by atoms with Crippen molar-refractivity contribution in [1.82, 2.24) is 0 Å². The van der Waals surface area contributed by atoms with Crippen molar-refractivity contribution in [2.75, 3.05) is 0 Å². The molecule has 0 saturated heterocycles. The SMILES string of the molecule is C[C@H](N)c1cccc(F)c1Oc1ccccc1I. The lowest BCUT2D eigenvalue weighted by Gasteiger charge is -2.15. The monoisotopic (exact) mass is 357 g/mol. The van der Waals surface area contributed by atoms with Gasteiger partial charge in [-0.3, -0.25) is 0 Å². The van der Waals surface area contributed by atoms with E-state index in [0.717, 1.165) is 3.57 Å². The summed E-state index contributed by atoms with van der Waals surface area (Å²) in [5, 5.41) is 0. The van der Waals surface area contributed by atoms with Gasteiger partial charge in [0.1, 0.15) is 5.75 Å². The Balaban J connectivity index is 2.43. The van der Waals surface area contributed by atoms with E-state index in [4.69, 9.17) is 10.5 Å². The van der Waals surface area contributed by atoms with Crippen LogP contribution in [0.4, 0.5) is 4.39 Å². The lowest BCUT2D eigenvalue weighted by molar-refractivity contribution is 0.430. The van der Waals surface area contributed by atoms with E-state index in [1.165, 1.54) is 6.07 Å². The van der Waals surface area contributed by atoms with Crippen LogP contribution in [0.1, 0.15) is 18.5 Å². The van der Waals surface area contributed by atoms with Crippen molar-refractivity contribution in [2.24, 2.45) is 5.73 Å². The van der Waals surface area contributed by atoms with Crippen molar-refractivity contribution >= 4 is 22.6 Å². The molecular formula is C14H13FINO. The van der Waals surface area contributed by atoms with Gasteiger partial charge in [-0.15, -0.1) is 0 Å². The number of ether oxygens (including phenoxy) is 1. The molecule has 0 saturated carbocycles. The summed E-state index contributed by atoms with van der Waals surface area (Å²) in [4.78, 5) is 0. The van der Waals surface area contributed by atoms with E-state index in [-0.39, 0.29) is 11.8 Å². The highest BCUT2D eigenvalue weighted by molar-refractivity contribution is 14.1. The molecule has 1 atom stereocenters. The van der Waals surface area contributed by atoms with Crippen molar-refractivity contribution in [1.29, 1.82) is 0 Å². The standard InChI is InChI=1S/C14H13FINO/c1-9(17)10-5-4-6-11(15)14(10)18-13-8-3-2-7-12(13)16/h2-9H,17H2,1H3/t9-/m0/s1. The molecule has 0 spiro atoms. The first-order valence-corrected chi connectivity index (χ1v) is 6.64. The molecule has 0 bridgehead atoms. The van der Waals surface area contributed by atoms with Gasteiger partial charge in [-0.1, -0.05) is 24.3 Å². The molecule has 2 rings (SSSR count). The molecule has 0 radical (unpaired) electrons. The van der Waals surface area contributed by atoms with Gasteiger partial charge in [0.05, 0.1) is 3.57 Å². The summed E-state index contributed by atoms with van der Waals surface area (Å²) >= 11 is 2.15. The fraction of sp³-hybridized carbons (Fsp3) is 0.143. The smallest absolute Gasteiger partial charge is 0.167 e. The average molecular weight is 357 g/mol. The Morgan fingerprint density at radius 2 is 1.89 bits per heavy atom. The molecule has 2 nitrogen and oxygen atoms in total. The molecular weight excluding hydrogens is 344 g/mol. The number of hydrogen-bond acceptors (Lipinski definition) is 2. The van der Waals surface area contributed by atoms with Gasteiger partial charge in [0.15, 0.2) is 11.6 Å². The first kappa shape index (κ1) is 13.3. The molecule has 0 amide bonds. The van der Waals surface area contributed by atoms with Gasteiger partial charge in [-0.05, 0) is 47.7 Å². The van der Waals surface area contributed by atoms with Crippen LogP contribution in [0.3, 0.4) is 0 Å². The van der Waals surface area contributed by atoms with Crippen LogP contribution in [0.15, 0.2) is 42.5 Å². The number of nitrogens with two attached hydrogens (primary N) is 1. The third-order valence-corrected chi connectivity index (χ3v) is 3.43. The highest BCUT2D eigenvalue weighted by Gasteiger charge is 2.14. The first-order valence-electron chi connectivity index (χ1n) is 5.56. The normalized spacial score (nSPS) is 12.2. The van der Waals surface area contributed by atoms with Crippen LogP contribution in [0, 0.1) is 9.39 Å². The maximum Gasteiger partial charge on any atom is 0.167 e. The zero-order chi connectivity index (χ0) is 13.1.